The summed E-state index contributed by atoms with van der Waals surface area (Å²) in [5.74, 6) is -0.768. The minimum atomic E-state index is -1.38. The average molecular weight is 427 g/mol. The van der Waals surface area contributed by atoms with Crippen molar-refractivity contribution in [2.24, 2.45) is 5.92 Å². The normalized spacial score (nSPS) is 23.9. The molecule has 3 aliphatic heterocycles. The van der Waals surface area contributed by atoms with Crippen LogP contribution in [0.2, 0.25) is 0 Å². The first-order chi connectivity index (χ1) is 15.2. The van der Waals surface area contributed by atoms with E-state index in [4.69, 9.17) is 9.47 Å². The fraction of sp³-hybridized carbons (Fsp3) is 0.680. The molecule has 1 spiro atoms. The molecule has 168 valence electrons. The SMILES string of the molecule is O=C(c1ccc2c(c1)C1(OCCCO1)C(=O)N2CCC1CCCCC1)N1CCCCC1. The number of fused-ring (bicyclic) bond motifs is 2. The summed E-state index contributed by atoms with van der Waals surface area (Å²) in [6.07, 6.45) is 11.5. The van der Waals surface area contributed by atoms with Gasteiger partial charge >= 0.3 is 0 Å². The van der Waals surface area contributed by atoms with Gasteiger partial charge in [0.05, 0.1) is 18.9 Å². The van der Waals surface area contributed by atoms with Gasteiger partial charge in [0.25, 0.3) is 17.6 Å². The Balaban J connectivity index is 1.42. The minimum absolute atomic E-state index is 0.0431. The lowest BCUT2D eigenvalue weighted by atomic mass is 9.87. The summed E-state index contributed by atoms with van der Waals surface area (Å²) in [5.41, 5.74) is 2.18. The van der Waals surface area contributed by atoms with Gasteiger partial charge in [0.15, 0.2) is 0 Å². The lowest BCUT2D eigenvalue weighted by Gasteiger charge is -2.33. The number of benzene rings is 1. The van der Waals surface area contributed by atoms with Crippen molar-refractivity contribution in [3.63, 3.8) is 0 Å². The number of likely N-dealkylation sites (tertiary alicyclic amines) is 1. The van der Waals surface area contributed by atoms with Crippen LogP contribution in [0.1, 0.15) is 80.1 Å². The summed E-state index contributed by atoms with van der Waals surface area (Å²) < 4.78 is 12.1. The maximum absolute atomic E-state index is 13.6. The Hall–Kier alpha value is -1.92. The van der Waals surface area contributed by atoms with E-state index in [0.717, 1.165) is 44.5 Å². The Morgan fingerprint density at radius 2 is 1.68 bits per heavy atom. The predicted octanol–water partition coefficient (Wildman–Crippen LogP) is 4.22. The third kappa shape index (κ3) is 3.89. The highest BCUT2D eigenvalue weighted by atomic mass is 16.7. The van der Waals surface area contributed by atoms with Gasteiger partial charge in [-0.05, 0) is 56.2 Å². The molecule has 1 aromatic rings. The van der Waals surface area contributed by atoms with Crippen LogP contribution < -0.4 is 4.90 Å². The topological polar surface area (TPSA) is 59.1 Å². The van der Waals surface area contributed by atoms with Crippen LogP contribution >= 0.6 is 0 Å². The molecule has 1 aromatic carbocycles. The zero-order valence-corrected chi connectivity index (χ0v) is 18.4. The smallest absolute Gasteiger partial charge is 0.292 e. The quantitative estimate of drug-likeness (QED) is 0.723. The molecule has 6 heteroatoms. The van der Waals surface area contributed by atoms with Crippen LogP contribution in [0.4, 0.5) is 5.69 Å². The van der Waals surface area contributed by atoms with E-state index in [9.17, 15) is 9.59 Å². The third-order valence-electron chi connectivity index (χ3n) is 7.44. The summed E-state index contributed by atoms with van der Waals surface area (Å²) in [7, 11) is 0. The molecule has 0 atom stereocenters. The van der Waals surface area contributed by atoms with Gasteiger partial charge in [-0.25, -0.2) is 0 Å². The number of anilines is 1. The number of carbonyl (C=O) groups excluding carboxylic acids is 2. The maximum Gasteiger partial charge on any atom is 0.292 e. The Bertz CT molecular complexity index is 821. The van der Waals surface area contributed by atoms with Gasteiger partial charge in [0.1, 0.15) is 0 Å². The number of hydrogen-bond donors (Lipinski definition) is 0. The molecule has 31 heavy (non-hydrogen) atoms. The van der Waals surface area contributed by atoms with Crippen LogP contribution in [0.25, 0.3) is 0 Å². The van der Waals surface area contributed by atoms with Crippen molar-refractivity contribution in [2.45, 2.75) is 70.0 Å². The number of ether oxygens (including phenoxy) is 2. The number of rotatable bonds is 4. The van der Waals surface area contributed by atoms with Crippen molar-refractivity contribution in [1.29, 1.82) is 0 Å². The summed E-state index contributed by atoms with van der Waals surface area (Å²) in [5, 5.41) is 0. The number of amides is 2. The summed E-state index contributed by atoms with van der Waals surface area (Å²) in [6, 6.07) is 5.66. The fourth-order valence-corrected chi connectivity index (χ4v) is 5.67. The summed E-state index contributed by atoms with van der Waals surface area (Å²) in [6.45, 7) is 3.28. The van der Waals surface area contributed by atoms with Gasteiger partial charge in [-0.1, -0.05) is 32.1 Å². The fourth-order valence-electron chi connectivity index (χ4n) is 5.67. The highest BCUT2D eigenvalue weighted by Crippen LogP contribution is 2.46. The molecule has 0 unspecified atom stereocenters. The molecule has 1 aliphatic carbocycles. The average Bonchev–Trinajstić information content (AvgIpc) is 3.05. The lowest BCUT2D eigenvalue weighted by molar-refractivity contribution is -0.256. The molecule has 3 fully saturated rings. The Kier molecular flexibility index (Phi) is 6.02. The van der Waals surface area contributed by atoms with Gasteiger partial charge in [-0.3, -0.25) is 9.59 Å². The summed E-state index contributed by atoms with van der Waals surface area (Å²) >= 11 is 0. The first-order valence-electron chi connectivity index (χ1n) is 12.2. The van der Waals surface area contributed by atoms with E-state index in [0.29, 0.717) is 36.8 Å². The van der Waals surface area contributed by atoms with E-state index >= 15 is 0 Å². The van der Waals surface area contributed by atoms with Gasteiger partial charge in [-0.2, -0.15) is 0 Å². The molecule has 2 amide bonds. The van der Waals surface area contributed by atoms with E-state index in [1.165, 1.54) is 38.5 Å². The molecule has 1 saturated carbocycles. The largest absolute Gasteiger partial charge is 0.339 e. The highest BCUT2D eigenvalue weighted by Gasteiger charge is 2.55. The standard InChI is InChI=1S/C25H34N2O4/c28-23(26-13-5-2-6-14-26)20-10-11-22-21(18-20)25(30-16-7-17-31-25)24(29)27(22)15-12-19-8-3-1-4-9-19/h10-11,18-19H,1-9,12-17H2. The molecule has 0 bridgehead atoms. The molecule has 6 nitrogen and oxygen atoms in total. The van der Waals surface area contributed by atoms with Crippen LogP contribution in [-0.4, -0.2) is 49.6 Å². The van der Waals surface area contributed by atoms with E-state index in [1.807, 2.05) is 28.0 Å². The maximum atomic E-state index is 13.6. The van der Waals surface area contributed by atoms with E-state index in [1.54, 1.807) is 0 Å². The van der Waals surface area contributed by atoms with E-state index < -0.39 is 5.79 Å². The second kappa shape index (κ2) is 8.91. The number of nitrogens with zero attached hydrogens (tertiary/aromatic N) is 2. The number of hydrogen-bond acceptors (Lipinski definition) is 4. The molecular formula is C25H34N2O4. The number of piperidine rings is 1. The second-order valence-corrected chi connectivity index (χ2v) is 9.50. The van der Waals surface area contributed by atoms with Crippen LogP contribution in [0.5, 0.6) is 0 Å². The predicted molar refractivity (Wildman–Crippen MR) is 118 cm³/mol. The second-order valence-electron chi connectivity index (χ2n) is 9.50. The summed E-state index contributed by atoms with van der Waals surface area (Å²) in [4.78, 5) is 30.5. The van der Waals surface area contributed by atoms with Crippen LogP contribution in [-0.2, 0) is 20.1 Å². The van der Waals surface area contributed by atoms with Crippen molar-refractivity contribution in [1.82, 2.24) is 4.90 Å². The Labute approximate surface area is 184 Å². The molecule has 0 aromatic heterocycles. The van der Waals surface area contributed by atoms with Crippen LogP contribution in [0.15, 0.2) is 18.2 Å². The van der Waals surface area contributed by atoms with Gasteiger partial charge in [0, 0.05) is 30.8 Å². The Morgan fingerprint density at radius 1 is 0.968 bits per heavy atom. The molecule has 0 radical (unpaired) electrons. The molecule has 5 rings (SSSR count). The van der Waals surface area contributed by atoms with Gasteiger partial charge in [0.2, 0.25) is 0 Å². The van der Waals surface area contributed by atoms with Crippen molar-refractivity contribution < 1.29 is 19.1 Å². The van der Waals surface area contributed by atoms with Gasteiger partial charge in [-0.15, -0.1) is 0 Å². The van der Waals surface area contributed by atoms with E-state index in [2.05, 4.69) is 0 Å². The number of carbonyl (C=O) groups is 2. The minimum Gasteiger partial charge on any atom is -0.339 e. The first kappa shape index (κ1) is 21.0. The van der Waals surface area contributed by atoms with Crippen molar-refractivity contribution >= 4 is 17.5 Å². The molecule has 3 heterocycles. The lowest BCUT2D eigenvalue weighted by Crippen LogP contribution is -2.47. The van der Waals surface area contributed by atoms with Gasteiger partial charge < -0.3 is 19.3 Å². The van der Waals surface area contributed by atoms with E-state index in [-0.39, 0.29) is 11.8 Å². The molecular weight excluding hydrogens is 392 g/mol. The third-order valence-corrected chi connectivity index (χ3v) is 7.44. The van der Waals surface area contributed by atoms with Crippen LogP contribution in [0, 0.1) is 5.92 Å². The zero-order valence-electron chi connectivity index (χ0n) is 18.4. The Morgan fingerprint density at radius 3 is 2.42 bits per heavy atom. The van der Waals surface area contributed by atoms with Crippen LogP contribution in [0.3, 0.4) is 0 Å². The van der Waals surface area contributed by atoms with Crippen molar-refractivity contribution in [2.75, 3.05) is 37.7 Å². The van der Waals surface area contributed by atoms with Crippen molar-refractivity contribution in [3.8, 4) is 0 Å². The van der Waals surface area contributed by atoms with Crippen molar-refractivity contribution in [3.05, 3.63) is 29.3 Å². The first-order valence-corrected chi connectivity index (χ1v) is 12.2. The molecule has 0 N–H and O–H groups in total. The molecule has 2 saturated heterocycles. The molecule has 4 aliphatic rings. The zero-order chi connectivity index (χ0) is 21.3. The highest BCUT2D eigenvalue weighted by molar-refractivity contribution is 6.07. The monoisotopic (exact) mass is 426 g/mol.